The molecule has 6 nitrogen and oxygen atoms in total. The van der Waals surface area contributed by atoms with E-state index in [9.17, 15) is 9.59 Å². The Morgan fingerprint density at radius 2 is 1.83 bits per heavy atom. The van der Waals surface area contributed by atoms with Gasteiger partial charge in [0.25, 0.3) is 5.91 Å². The number of carbonyl (C=O) groups is 1. The second-order valence-corrected chi connectivity index (χ2v) is 7.65. The van der Waals surface area contributed by atoms with Gasteiger partial charge in [0.05, 0.1) is 0 Å². The lowest BCUT2D eigenvalue weighted by Gasteiger charge is -2.30. The van der Waals surface area contributed by atoms with Crippen LogP contribution in [0.4, 0.5) is 0 Å². The lowest BCUT2D eigenvalue weighted by atomic mass is 9.96. The molecule has 1 aliphatic heterocycles. The Kier molecular flexibility index (Phi) is 4.36. The molecule has 0 aliphatic carbocycles. The lowest BCUT2D eigenvalue weighted by molar-refractivity contribution is 0.0702. The smallest absolute Gasteiger partial charge is 0.349 e. The molecule has 1 fully saturated rings. The van der Waals surface area contributed by atoms with Gasteiger partial charge in [-0.3, -0.25) is 4.79 Å². The van der Waals surface area contributed by atoms with Crippen LogP contribution in [0.25, 0.3) is 22.1 Å². The van der Waals surface area contributed by atoms with Gasteiger partial charge in [0.2, 0.25) is 0 Å². The number of benzene rings is 2. The van der Waals surface area contributed by atoms with E-state index < -0.39 is 5.63 Å². The van der Waals surface area contributed by atoms with Gasteiger partial charge in [-0.1, -0.05) is 29.8 Å². The van der Waals surface area contributed by atoms with Gasteiger partial charge < -0.3 is 13.7 Å². The summed E-state index contributed by atoms with van der Waals surface area (Å²) in [5.41, 5.74) is 1.38. The molecule has 0 saturated carbocycles. The molecule has 0 bridgehead atoms. The molecule has 2 aromatic carbocycles. The highest BCUT2D eigenvalue weighted by Crippen LogP contribution is 2.31. The van der Waals surface area contributed by atoms with Crippen molar-refractivity contribution in [2.24, 2.45) is 0 Å². The number of hydrogen-bond donors (Lipinski definition) is 0. The molecule has 146 valence electrons. The molecular formula is C22H17ClN2O4. The van der Waals surface area contributed by atoms with Gasteiger partial charge in [-0.05, 0) is 43.2 Å². The van der Waals surface area contributed by atoms with Crippen molar-refractivity contribution in [1.82, 2.24) is 9.88 Å². The number of hydrogen-bond acceptors (Lipinski definition) is 5. The van der Waals surface area contributed by atoms with Crippen LogP contribution >= 0.6 is 11.6 Å². The highest BCUT2D eigenvalue weighted by Gasteiger charge is 2.29. The van der Waals surface area contributed by atoms with Crippen LogP contribution in [-0.4, -0.2) is 28.9 Å². The van der Waals surface area contributed by atoms with E-state index in [2.05, 4.69) is 4.98 Å². The van der Waals surface area contributed by atoms with Crippen LogP contribution in [0, 0.1) is 0 Å². The average molecular weight is 409 g/mol. The Hall–Kier alpha value is -3.12. The normalized spacial score (nSPS) is 15.3. The molecule has 1 saturated heterocycles. The molecular weight excluding hydrogens is 392 g/mol. The fourth-order valence-corrected chi connectivity index (χ4v) is 3.97. The van der Waals surface area contributed by atoms with Crippen LogP contribution in [0.15, 0.2) is 62.2 Å². The van der Waals surface area contributed by atoms with Gasteiger partial charge in [0, 0.05) is 29.4 Å². The van der Waals surface area contributed by atoms with Crippen LogP contribution in [0.2, 0.25) is 5.02 Å². The van der Waals surface area contributed by atoms with Gasteiger partial charge >= 0.3 is 5.63 Å². The van der Waals surface area contributed by atoms with Gasteiger partial charge in [0.15, 0.2) is 11.5 Å². The van der Waals surface area contributed by atoms with E-state index in [4.69, 9.17) is 20.4 Å². The monoisotopic (exact) mass is 408 g/mol. The van der Waals surface area contributed by atoms with E-state index in [-0.39, 0.29) is 17.4 Å². The van der Waals surface area contributed by atoms with E-state index in [0.717, 1.165) is 10.9 Å². The number of para-hydroxylation sites is 1. The topological polar surface area (TPSA) is 76.6 Å². The third-order valence-electron chi connectivity index (χ3n) is 5.37. The maximum absolute atomic E-state index is 12.9. The third-order valence-corrected chi connectivity index (χ3v) is 5.60. The Morgan fingerprint density at radius 3 is 2.66 bits per heavy atom. The third kappa shape index (κ3) is 3.29. The predicted octanol–water partition coefficient (Wildman–Crippen LogP) is 4.61. The Balaban J connectivity index is 1.34. The zero-order valence-electron chi connectivity index (χ0n) is 15.4. The van der Waals surface area contributed by atoms with Crippen molar-refractivity contribution in [2.45, 2.75) is 18.8 Å². The van der Waals surface area contributed by atoms with Gasteiger partial charge in [-0.25, -0.2) is 9.78 Å². The minimum atomic E-state index is -0.605. The first-order valence-corrected chi connectivity index (χ1v) is 9.84. The minimum Gasteiger partial charge on any atom is -0.440 e. The lowest BCUT2D eigenvalue weighted by Crippen LogP contribution is -2.39. The summed E-state index contributed by atoms with van der Waals surface area (Å²) < 4.78 is 11.2. The predicted molar refractivity (Wildman–Crippen MR) is 109 cm³/mol. The molecule has 7 heteroatoms. The van der Waals surface area contributed by atoms with Crippen molar-refractivity contribution >= 4 is 39.6 Å². The van der Waals surface area contributed by atoms with E-state index in [1.165, 1.54) is 0 Å². The SMILES string of the molecule is O=C(c1cc2ccccc2oc1=O)N1CCC(c2nc3cc(Cl)ccc3o2)CC1. The van der Waals surface area contributed by atoms with E-state index >= 15 is 0 Å². The summed E-state index contributed by atoms with van der Waals surface area (Å²) in [6.45, 7) is 1.05. The van der Waals surface area contributed by atoms with Crippen LogP contribution in [0.1, 0.15) is 35.0 Å². The van der Waals surface area contributed by atoms with Gasteiger partial charge in [0.1, 0.15) is 16.7 Å². The van der Waals surface area contributed by atoms with E-state index in [1.54, 1.807) is 35.2 Å². The summed E-state index contributed by atoms with van der Waals surface area (Å²) in [4.78, 5) is 31.4. The van der Waals surface area contributed by atoms with Crippen LogP contribution < -0.4 is 5.63 Å². The second kappa shape index (κ2) is 7.04. The van der Waals surface area contributed by atoms with Gasteiger partial charge in [-0.2, -0.15) is 0 Å². The molecule has 0 radical (unpaired) electrons. The summed E-state index contributed by atoms with van der Waals surface area (Å²) in [5.74, 6) is 0.491. The van der Waals surface area contributed by atoms with Crippen molar-refractivity contribution in [3.05, 3.63) is 75.4 Å². The van der Waals surface area contributed by atoms with Gasteiger partial charge in [-0.15, -0.1) is 0 Å². The highest BCUT2D eigenvalue weighted by molar-refractivity contribution is 6.31. The number of piperidine rings is 1. The highest BCUT2D eigenvalue weighted by atomic mass is 35.5. The number of halogens is 1. The van der Waals surface area contributed by atoms with E-state index in [1.807, 2.05) is 18.2 Å². The molecule has 3 heterocycles. The quantitative estimate of drug-likeness (QED) is 0.453. The number of amides is 1. The first kappa shape index (κ1) is 17.9. The number of carbonyl (C=O) groups excluding carboxylic acids is 1. The minimum absolute atomic E-state index is 0.0682. The summed E-state index contributed by atoms with van der Waals surface area (Å²) in [6.07, 6.45) is 1.43. The molecule has 1 amide bonds. The zero-order chi connectivity index (χ0) is 20.0. The standard InChI is InChI=1S/C22H17ClN2O4/c23-15-5-6-19-17(12-15)24-20(28-19)13-7-9-25(10-8-13)21(26)16-11-14-3-1-2-4-18(14)29-22(16)27/h1-6,11-13H,7-10H2. The van der Waals surface area contributed by atoms with Crippen molar-refractivity contribution in [3.63, 3.8) is 0 Å². The Morgan fingerprint density at radius 1 is 1.03 bits per heavy atom. The fraction of sp³-hybridized carbons (Fsp3) is 0.227. The van der Waals surface area contributed by atoms with Crippen molar-refractivity contribution in [1.29, 1.82) is 0 Å². The molecule has 1 aliphatic rings. The first-order chi connectivity index (χ1) is 14.1. The maximum atomic E-state index is 12.9. The number of fused-ring (bicyclic) bond motifs is 2. The zero-order valence-corrected chi connectivity index (χ0v) is 16.2. The number of nitrogens with zero attached hydrogens (tertiary/aromatic N) is 2. The van der Waals surface area contributed by atoms with Crippen molar-refractivity contribution < 1.29 is 13.6 Å². The number of likely N-dealkylation sites (tertiary alicyclic amines) is 1. The summed E-state index contributed by atoms with van der Waals surface area (Å²) in [7, 11) is 0. The number of oxazole rings is 1. The fourth-order valence-electron chi connectivity index (χ4n) is 3.80. The van der Waals surface area contributed by atoms with Crippen molar-refractivity contribution in [2.75, 3.05) is 13.1 Å². The van der Waals surface area contributed by atoms with E-state index in [0.29, 0.717) is 48.0 Å². The first-order valence-electron chi connectivity index (χ1n) is 9.46. The van der Waals surface area contributed by atoms with Crippen LogP contribution in [0.5, 0.6) is 0 Å². The molecule has 5 rings (SSSR count). The van der Waals surface area contributed by atoms with Crippen LogP contribution in [0.3, 0.4) is 0 Å². The summed E-state index contributed by atoms with van der Waals surface area (Å²) in [5, 5.41) is 1.35. The molecule has 29 heavy (non-hydrogen) atoms. The molecule has 4 aromatic rings. The average Bonchev–Trinajstić information content (AvgIpc) is 3.16. The van der Waals surface area contributed by atoms with Crippen LogP contribution in [-0.2, 0) is 0 Å². The maximum Gasteiger partial charge on any atom is 0.349 e. The largest absolute Gasteiger partial charge is 0.440 e. The van der Waals surface area contributed by atoms with Crippen molar-refractivity contribution in [3.8, 4) is 0 Å². The molecule has 0 spiro atoms. The number of aromatic nitrogens is 1. The summed E-state index contributed by atoms with van der Waals surface area (Å²) >= 11 is 6.02. The molecule has 0 N–H and O–H groups in total. The second-order valence-electron chi connectivity index (χ2n) is 7.22. The number of rotatable bonds is 2. The molecule has 0 atom stereocenters. The molecule has 2 aromatic heterocycles. The summed E-state index contributed by atoms with van der Waals surface area (Å²) in [6, 6.07) is 14.1. The molecule has 0 unspecified atom stereocenters. The Labute approximate surface area is 170 Å². The Bertz CT molecular complexity index is 1280.